The molecule has 0 aliphatic carbocycles. The van der Waals surface area contributed by atoms with E-state index in [1.165, 1.54) is 0 Å². The van der Waals surface area contributed by atoms with Gasteiger partial charge in [0.05, 0.1) is 6.26 Å². The third-order valence-corrected chi connectivity index (χ3v) is 3.79. The van der Waals surface area contributed by atoms with Crippen LogP contribution >= 0.6 is 0 Å². The van der Waals surface area contributed by atoms with E-state index in [0.29, 0.717) is 6.26 Å². The molecule has 0 fully saturated rings. The third kappa shape index (κ3) is 1.90. The normalized spacial score (nSPS) is 13.6. The lowest BCUT2D eigenvalue weighted by Gasteiger charge is -1.91. The van der Waals surface area contributed by atoms with Crippen molar-refractivity contribution in [3.63, 3.8) is 0 Å². The molecule has 0 amide bonds. The summed E-state index contributed by atoms with van der Waals surface area (Å²) < 4.78 is 42.6. The van der Waals surface area contributed by atoms with E-state index < -0.39 is 18.0 Å². The van der Waals surface area contributed by atoms with Crippen molar-refractivity contribution in [2.75, 3.05) is 6.26 Å². The first-order chi connectivity index (χ1) is 3.81. The number of rotatable bonds is 2. The lowest BCUT2D eigenvalue weighted by atomic mass is 12.0. The van der Waals surface area contributed by atoms with Gasteiger partial charge in [-0.25, -0.2) is 13.7 Å². The molecule has 1 N–H and O–H groups in total. The Labute approximate surface area is 51.4 Å². The van der Waals surface area contributed by atoms with Gasteiger partial charge >= 0.3 is 9.15 Å². The minimum Gasteiger partial charge on any atom is -0.234 e. The summed E-state index contributed by atoms with van der Waals surface area (Å²) in [6, 6.07) is 0. The second kappa shape index (κ2) is 2.21. The van der Waals surface area contributed by atoms with Crippen molar-refractivity contribution in [3.05, 3.63) is 0 Å². The van der Waals surface area contributed by atoms with Crippen molar-refractivity contribution in [3.8, 4) is 0 Å². The fraction of sp³-hybridized carbons (Fsp3) is 1.00. The Morgan fingerprint density at radius 1 is 1.22 bits per heavy atom. The zero-order valence-electron chi connectivity index (χ0n) is 4.30. The molecule has 0 aromatic rings. The summed E-state index contributed by atoms with van der Waals surface area (Å²) in [5.74, 6) is 0. The van der Waals surface area contributed by atoms with E-state index in [4.69, 9.17) is 5.26 Å². The fourth-order valence-corrected chi connectivity index (χ4v) is 0.497. The fourth-order valence-electron chi connectivity index (χ4n) is 0.0553. The second-order valence-corrected chi connectivity index (χ2v) is 6.60. The zero-order chi connectivity index (χ0) is 7.71. The molecular formula is CH4O6S2. The molecule has 0 aromatic carbocycles. The SMILES string of the molecule is CS(=O)(=O)S(=O)(=O)OO. The lowest BCUT2D eigenvalue weighted by Crippen LogP contribution is -2.14. The van der Waals surface area contributed by atoms with Crippen molar-refractivity contribution in [2.45, 2.75) is 0 Å². The van der Waals surface area contributed by atoms with Gasteiger partial charge in [0.15, 0.2) is 0 Å². The largest absolute Gasteiger partial charge is 0.400 e. The first-order valence-electron chi connectivity index (χ1n) is 1.59. The molecule has 0 radical (unpaired) electrons. The maximum Gasteiger partial charge on any atom is 0.400 e. The van der Waals surface area contributed by atoms with Crippen molar-refractivity contribution in [1.29, 1.82) is 0 Å². The summed E-state index contributed by atoms with van der Waals surface area (Å²) in [7, 11) is -9.16. The molecule has 0 saturated heterocycles. The summed E-state index contributed by atoms with van der Waals surface area (Å²) in [4.78, 5) is 0. The highest BCUT2D eigenvalue weighted by molar-refractivity contribution is 8.65. The maximum atomic E-state index is 10.0. The molecule has 0 aliphatic heterocycles. The highest BCUT2D eigenvalue weighted by atomic mass is 33.2. The third-order valence-electron chi connectivity index (χ3n) is 0.462. The van der Waals surface area contributed by atoms with Crippen molar-refractivity contribution in [2.24, 2.45) is 0 Å². The molecule has 0 aliphatic rings. The lowest BCUT2D eigenvalue weighted by molar-refractivity contribution is -0.127. The highest BCUT2D eigenvalue weighted by Crippen LogP contribution is 1.98. The van der Waals surface area contributed by atoms with E-state index in [0.717, 1.165) is 0 Å². The maximum absolute atomic E-state index is 10.0. The average Bonchev–Trinajstić information content (AvgIpc) is 1.64. The standard InChI is InChI=1S/CH4O6S2/c1-8(3,4)9(5,6)7-2/h2H,1H3. The molecule has 0 heterocycles. The van der Waals surface area contributed by atoms with Gasteiger partial charge in [0.2, 0.25) is 0 Å². The van der Waals surface area contributed by atoms with Crippen molar-refractivity contribution < 1.29 is 26.4 Å². The first kappa shape index (κ1) is 8.82. The van der Waals surface area contributed by atoms with Crippen LogP contribution in [0.2, 0.25) is 0 Å². The molecule has 0 saturated carbocycles. The molecule has 0 bridgehead atoms. The molecule has 0 aromatic heterocycles. The molecule has 9 heavy (non-hydrogen) atoms. The van der Waals surface area contributed by atoms with E-state index in [9.17, 15) is 16.8 Å². The van der Waals surface area contributed by atoms with Crippen LogP contribution in [0.4, 0.5) is 0 Å². The minimum atomic E-state index is -4.81. The van der Waals surface area contributed by atoms with Crippen LogP contribution in [0.25, 0.3) is 0 Å². The van der Waals surface area contributed by atoms with Gasteiger partial charge < -0.3 is 0 Å². The molecular weight excluding hydrogens is 172 g/mol. The number of hydrogen-bond donors (Lipinski definition) is 1. The van der Waals surface area contributed by atoms with E-state index in [2.05, 4.69) is 4.33 Å². The molecule has 0 rings (SSSR count). The van der Waals surface area contributed by atoms with Gasteiger partial charge in [0.25, 0.3) is 8.87 Å². The van der Waals surface area contributed by atoms with Crippen LogP contribution < -0.4 is 0 Å². The monoisotopic (exact) mass is 176 g/mol. The average molecular weight is 176 g/mol. The van der Waals surface area contributed by atoms with Gasteiger partial charge in [-0.2, -0.15) is 8.42 Å². The Hall–Kier alpha value is -0.180. The second-order valence-electron chi connectivity index (χ2n) is 1.19. The van der Waals surface area contributed by atoms with Gasteiger partial charge in [-0.05, 0) is 0 Å². The summed E-state index contributed by atoms with van der Waals surface area (Å²) in [6.45, 7) is 0. The van der Waals surface area contributed by atoms with Gasteiger partial charge in [-0.3, -0.25) is 0 Å². The highest BCUT2D eigenvalue weighted by Gasteiger charge is 2.24. The van der Waals surface area contributed by atoms with E-state index in [-0.39, 0.29) is 0 Å². The van der Waals surface area contributed by atoms with E-state index in [1.807, 2.05) is 0 Å². The molecule has 8 heteroatoms. The van der Waals surface area contributed by atoms with Crippen molar-refractivity contribution in [1.82, 2.24) is 0 Å². The van der Waals surface area contributed by atoms with Crippen LogP contribution in [0.1, 0.15) is 0 Å². The Morgan fingerprint density at radius 2 is 1.56 bits per heavy atom. The van der Waals surface area contributed by atoms with Crippen LogP contribution in [0.3, 0.4) is 0 Å². The molecule has 6 nitrogen and oxygen atoms in total. The molecule has 0 spiro atoms. The molecule has 0 unspecified atom stereocenters. The van der Waals surface area contributed by atoms with Crippen LogP contribution in [0.5, 0.6) is 0 Å². The Balaban J connectivity index is 5.07. The van der Waals surface area contributed by atoms with Crippen LogP contribution in [0, 0.1) is 0 Å². The summed E-state index contributed by atoms with van der Waals surface area (Å²) >= 11 is 0. The van der Waals surface area contributed by atoms with Gasteiger partial charge in [-0.15, -0.1) is 0 Å². The quantitative estimate of drug-likeness (QED) is 0.321. The minimum absolute atomic E-state index is 0.401. The van der Waals surface area contributed by atoms with Gasteiger partial charge in [0, 0.05) is 0 Å². The molecule has 56 valence electrons. The Kier molecular flexibility index (Phi) is 2.17. The van der Waals surface area contributed by atoms with Crippen molar-refractivity contribution >= 4 is 18.0 Å². The van der Waals surface area contributed by atoms with Crippen LogP contribution in [-0.2, 0) is 22.4 Å². The molecule has 0 atom stereocenters. The zero-order valence-corrected chi connectivity index (χ0v) is 5.94. The predicted octanol–water partition coefficient (Wildman–Crippen LogP) is -1.23. The van der Waals surface area contributed by atoms with E-state index >= 15 is 0 Å². The number of hydrogen-bond acceptors (Lipinski definition) is 6. The van der Waals surface area contributed by atoms with Crippen LogP contribution in [-0.4, -0.2) is 28.3 Å². The Morgan fingerprint density at radius 3 is 1.56 bits per heavy atom. The van der Waals surface area contributed by atoms with Crippen LogP contribution in [0.15, 0.2) is 0 Å². The Bertz CT molecular complexity index is 266. The first-order valence-corrected chi connectivity index (χ1v) is 5.41. The van der Waals surface area contributed by atoms with Gasteiger partial charge in [0.1, 0.15) is 0 Å². The summed E-state index contributed by atoms with van der Waals surface area (Å²) in [6.07, 6.45) is 0.401. The topological polar surface area (TPSA) is 97.7 Å². The van der Waals surface area contributed by atoms with Gasteiger partial charge in [-0.1, -0.05) is 4.33 Å². The predicted molar refractivity (Wildman–Crippen MR) is 27.5 cm³/mol. The smallest absolute Gasteiger partial charge is 0.234 e. The summed E-state index contributed by atoms with van der Waals surface area (Å²) in [5, 5.41) is 7.46. The summed E-state index contributed by atoms with van der Waals surface area (Å²) in [5.41, 5.74) is 0. The van der Waals surface area contributed by atoms with E-state index in [1.54, 1.807) is 0 Å².